The van der Waals surface area contributed by atoms with Crippen LogP contribution in [0.15, 0.2) is 42.5 Å². The molecule has 1 amide bonds. The SMILES string of the molecule is COc1cccc(CC(=O)Nc2sc3c(c2Cl)CN(Cc2cccc(F)c2)CC3)c1F. The molecule has 2 heterocycles. The van der Waals surface area contributed by atoms with Gasteiger partial charge in [0.05, 0.1) is 18.6 Å². The third kappa shape index (κ3) is 4.89. The molecule has 1 aliphatic heterocycles. The number of amides is 1. The summed E-state index contributed by atoms with van der Waals surface area (Å²) < 4.78 is 32.8. The van der Waals surface area contributed by atoms with Crippen LogP contribution >= 0.6 is 22.9 Å². The fraction of sp³-hybridized carbons (Fsp3) is 0.261. The van der Waals surface area contributed by atoms with Crippen molar-refractivity contribution < 1.29 is 18.3 Å². The molecule has 0 saturated heterocycles. The molecule has 0 spiro atoms. The first-order valence-corrected chi connectivity index (χ1v) is 11.0. The van der Waals surface area contributed by atoms with Gasteiger partial charge in [0, 0.05) is 35.6 Å². The Morgan fingerprint density at radius 2 is 2.06 bits per heavy atom. The van der Waals surface area contributed by atoms with Crippen LogP contribution in [-0.2, 0) is 30.7 Å². The number of rotatable bonds is 6. The van der Waals surface area contributed by atoms with Crippen molar-refractivity contribution in [2.24, 2.45) is 0 Å². The molecule has 1 N–H and O–H groups in total. The fourth-order valence-electron chi connectivity index (χ4n) is 3.71. The minimum Gasteiger partial charge on any atom is -0.494 e. The fourth-order valence-corrected chi connectivity index (χ4v) is 5.21. The molecule has 3 aromatic rings. The molecule has 162 valence electrons. The first-order valence-electron chi connectivity index (χ1n) is 9.82. The van der Waals surface area contributed by atoms with Gasteiger partial charge in [0.25, 0.3) is 0 Å². The van der Waals surface area contributed by atoms with E-state index in [4.69, 9.17) is 16.3 Å². The minimum atomic E-state index is -0.537. The largest absolute Gasteiger partial charge is 0.494 e. The summed E-state index contributed by atoms with van der Waals surface area (Å²) in [5.41, 5.74) is 2.15. The highest BCUT2D eigenvalue weighted by Crippen LogP contribution is 2.41. The molecule has 0 radical (unpaired) electrons. The van der Waals surface area contributed by atoms with Gasteiger partial charge in [0.15, 0.2) is 11.6 Å². The van der Waals surface area contributed by atoms with Gasteiger partial charge in [-0.15, -0.1) is 11.3 Å². The molecule has 2 aromatic carbocycles. The summed E-state index contributed by atoms with van der Waals surface area (Å²) in [7, 11) is 1.38. The molecule has 0 unspecified atom stereocenters. The van der Waals surface area contributed by atoms with Crippen LogP contribution in [0.5, 0.6) is 5.75 Å². The average molecular weight is 463 g/mol. The maximum Gasteiger partial charge on any atom is 0.229 e. The summed E-state index contributed by atoms with van der Waals surface area (Å²) in [6, 6.07) is 11.3. The van der Waals surface area contributed by atoms with Crippen LogP contribution in [0.3, 0.4) is 0 Å². The van der Waals surface area contributed by atoms with E-state index in [1.165, 1.54) is 36.6 Å². The molecular formula is C23H21ClF2N2O2S. The average Bonchev–Trinajstić information content (AvgIpc) is 3.04. The number of thiophene rings is 1. The Bertz CT molecular complexity index is 1120. The van der Waals surface area contributed by atoms with Crippen LogP contribution in [0.25, 0.3) is 0 Å². The molecule has 0 aliphatic carbocycles. The topological polar surface area (TPSA) is 41.6 Å². The van der Waals surface area contributed by atoms with E-state index in [2.05, 4.69) is 10.2 Å². The summed E-state index contributed by atoms with van der Waals surface area (Å²) in [6.07, 6.45) is 0.684. The minimum absolute atomic E-state index is 0.105. The van der Waals surface area contributed by atoms with E-state index in [9.17, 15) is 13.6 Å². The number of anilines is 1. The van der Waals surface area contributed by atoms with Crippen LogP contribution in [-0.4, -0.2) is 24.5 Å². The Morgan fingerprint density at radius 1 is 1.26 bits per heavy atom. The van der Waals surface area contributed by atoms with Crippen LogP contribution in [0.4, 0.5) is 13.8 Å². The Kier molecular flexibility index (Phi) is 6.55. The molecule has 1 aliphatic rings. The maximum atomic E-state index is 14.3. The van der Waals surface area contributed by atoms with Crippen molar-refractivity contribution in [2.45, 2.75) is 25.9 Å². The second-order valence-corrected chi connectivity index (χ2v) is 8.88. The predicted molar refractivity (Wildman–Crippen MR) is 119 cm³/mol. The lowest BCUT2D eigenvalue weighted by Gasteiger charge is -2.27. The van der Waals surface area contributed by atoms with Crippen LogP contribution in [0.1, 0.15) is 21.6 Å². The maximum absolute atomic E-state index is 14.3. The van der Waals surface area contributed by atoms with Crippen LogP contribution in [0.2, 0.25) is 5.02 Å². The summed E-state index contributed by atoms with van der Waals surface area (Å²) in [5.74, 6) is -1.02. The van der Waals surface area contributed by atoms with Gasteiger partial charge >= 0.3 is 0 Å². The van der Waals surface area contributed by atoms with Crippen molar-refractivity contribution in [2.75, 3.05) is 19.0 Å². The second kappa shape index (κ2) is 9.34. The van der Waals surface area contributed by atoms with Crippen molar-refractivity contribution in [3.8, 4) is 5.75 Å². The first-order chi connectivity index (χ1) is 14.9. The Hall–Kier alpha value is -2.48. The number of halogens is 3. The van der Waals surface area contributed by atoms with Crippen molar-refractivity contribution in [3.63, 3.8) is 0 Å². The van der Waals surface area contributed by atoms with E-state index in [1.54, 1.807) is 18.2 Å². The van der Waals surface area contributed by atoms with Gasteiger partial charge in [-0.25, -0.2) is 8.78 Å². The van der Waals surface area contributed by atoms with Gasteiger partial charge in [-0.3, -0.25) is 9.69 Å². The Balaban J connectivity index is 1.44. The number of methoxy groups -OCH3 is 1. The number of carbonyl (C=O) groups excluding carboxylic acids is 1. The van der Waals surface area contributed by atoms with Crippen molar-refractivity contribution in [1.29, 1.82) is 0 Å². The summed E-state index contributed by atoms with van der Waals surface area (Å²) >= 11 is 8.03. The zero-order valence-electron chi connectivity index (χ0n) is 16.9. The van der Waals surface area contributed by atoms with Crippen molar-refractivity contribution in [1.82, 2.24) is 4.90 Å². The van der Waals surface area contributed by atoms with E-state index in [0.717, 1.165) is 29.0 Å². The Labute approximate surface area is 188 Å². The quantitative estimate of drug-likeness (QED) is 0.531. The zero-order valence-corrected chi connectivity index (χ0v) is 18.5. The monoisotopic (exact) mass is 462 g/mol. The number of hydrogen-bond acceptors (Lipinski definition) is 4. The lowest BCUT2D eigenvalue weighted by molar-refractivity contribution is -0.115. The normalized spacial score (nSPS) is 13.7. The van der Waals surface area contributed by atoms with Gasteiger partial charge in [-0.1, -0.05) is 35.9 Å². The molecule has 0 saturated carbocycles. The summed E-state index contributed by atoms with van der Waals surface area (Å²) in [6.45, 7) is 2.07. The lowest BCUT2D eigenvalue weighted by Crippen LogP contribution is -2.29. The number of benzene rings is 2. The molecule has 0 bridgehead atoms. The number of carbonyl (C=O) groups is 1. The standard InChI is InChI=1S/C23H21ClF2N2O2S/c1-30-18-7-3-5-15(22(18)26)11-20(29)27-23-21(24)17-13-28(9-8-19(17)31-23)12-14-4-2-6-16(25)10-14/h2-7,10H,8-9,11-13H2,1H3,(H,27,29). The van der Waals surface area contributed by atoms with Crippen molar-refractivity contribution >= 4 is 33.8 Å². The predicted octanol–water partition coefficient (Wildman–Crippen LogP) is 5.43. The molecule has 1 aromatic heterocycles. The van der Waals surface area contributed by atoms with Crippen molar-refractivity contribution in [3.05, 3.63) is 80.7 Å². The highest BCUT2D eigenvalue weighted by Gasteiger charge is 2.25. The van der Waals surface area contributed by atoms with Crippen LogP contribution < -0.4 is 10.1 Å². The van der Waals surface area contributed by atoms with E-state index < -0.39 is 5.82 Å². The number of nitrogens with one attached hydrogen (secondary N) is 1. The molecule has 0 fully saturated rings. The third-order valence-corrected chi connectivity index (χ3v) is 6.96. The first kappa shape index (κ1) is 21.7. The summed E-state index contributed by atoms with van der Waals surface area (Å²) in [5, 5.41) is 3.92. The molecule has 0 atom stereocenters. The molecule has 8 heteroatoms. The number of ether oxygens (including phenoxy) is 1. The number of fused-ring (bicyclic) bond motifs is 1. The molecule has 4 rings (SSSR count). The Morgan fingerprint density at radius 3 is 2.84 bits per heavy atom. The third-order valence-electron chi connectivity index (χ3n) is 5.23. The molecule has 31 heavy (non-hydrogen) atoms. The van der Waals surface area contributed by atoms with Gasteiger partial charge in [0.1, 0.15) is 10.8 Å². The number of nitrogens with zero attached hydrogens (tertiary/aromatic N) is 1. The molecular weight excluding hydrogens is 442 g/mol. The van der Waals surface area contributed by atoms with Gasteiger partial charge in [-0.2, -0.15) is 0 Å². The smallest absolute Gasteiger partial charge is 0.229 e. The zero-order chi connectivity index (χ0) is 22.0. The highest BCUT2D eigenvalue weighted by atomic mass is 35.5. The van der Waals surface area contributed by atoms with E-state index in [0.29, 0.717) is 23.1 Å². The van der Waals surface area contributed by atoms with E-state index >= 15 is 0 Å². The highest BCUT2D eigenvalue weighted by molar-refractivity contribution is 7.17. The molecule has 4 nitrogen and oxygen atoms in total. The van der Waals surface area contributed by atoms with E-state index in [-0.39, 0.29) is 29.5 Å². The van der Waals surface area contributed by atoms with Gasteiger partial charge in [0.2, 0.25) is 5.91 Å². The van der Waals surface area contributed by atoms with Gasteiger partial charge in [-0.05, 0) is 30.2 Å². The van der Waals surface area contributed by atoms with E-state index in [1.807, 2.05) is 6.07 Å². The lowest BCUT2D eigenvalue weighted by atomic mass is 10.1. The second-order valence-electron chi connectivity index (χ2n) is 7.40. The van der Waals surface area contributed by atoms with Crippen LogP contribution in [0, 0.1) is 11.6 Å². The summed E-state index contributed by atoms with van der Waals surface area (Å²) in [4.78, 5) is 15.8. The number of hydrogen-bond donors (Lipinski definition) is 1. The van der Waals surface area contributed by atoms with Gasteiger partial charge < -0.3 is 10.1 Å².